The van der Waals surface area contributed by atoms with Gasteiger partial charge in [0.05, 0.1) is 25.7 Å². The van der Waals surface area contributed by atoms with Gasteiger partial charge >= 0.3 is 6.09 Å². The summed E-state index contributed by atoms with van der Waals surface area (Å²) in [6.07, 6.45) is -0.508. The fourth-order valence-corrected chi connectivity index (χ4v) is 1.87. The predicted molar refractivity (Wildman–Crippen MR) is 92.5 cm³/mol. The van der Waals surface area contributed by atoms with Gasteiger partial charge in [0.2, 0.25) is 5.91 Å². The lowest BCUT2D eigenvalue weighted by atomic mass is 10.2. The number of nitrogens with zero attached hydrogens (tertiary/aromatic N) is 1. The van der Waals surface area contributed by atoms with Crippen molar-refractivity contribution in [2.45, 2.75) is 45.4 Å². The van der Waals surface area contributed by atoms with Crippen molar-refractivity contribution in [2.75, 3.05) is 13.2 Å². The number of amides is 2. The van der Waals surface area contributed by atoms with Crippen molar-refractivity contribution >= 4 is 12.0 Å². The fraction of sp³-hybridized carbons (Fsp3) is 0.500. The van der Waals surface area contributed by atoms with E-state index in [4.69, 9.17) is 14.7 Å². The number of rotatable bonds is 8. The Labute approximate surface area is 148 Å². The van der Waals surface area contributed by atoms with Gasteiger partial charge in [-0.3, -0.25) is 4.79 Å². The smallest absolute Gasteiger partial charge is 0.408 e. The maximum Gasteiger partial charge on any atom is 0.408 e. The van der Waals surface area contributed by atoms with Gasteiger partial charge in [-0.2, -0.15) is 5.26 Å². The maximum atomic E-state index is 12.2. The minimum atomic E-state index is -0.905. The second-order valence-corrected chi connectivity index (χ2v) is 6.40. The molecule has 136 valence electrons. The van der Waals surface area contributed by atoms with E-state index < -0.39 is 23.6 Å². The molecule has 0 fully saturated rings. The first-order valence-electron chi connectivity index (χ1n) is 8.07. The van der Waals surface area contributed by atoms with E-state index in [1.807, 2.05) is 36.4 Å². The van der Waals surface area contributed by atoms with Crippen molar-refractivity contribution in [3.63, 3.8) is 0 Å². The zero-order valence-corrected chi connectivity index (χ0v) is 14.9. The van der Waals surface area contributed by atoms with E-state index in [0.29, 0.717) is 6.61 Å². The molecular weight excluding hydrogens is 322 g/mol. The summed E-state index contributed by atoms with van der Waals surface area (Å²) in [4.78, 5) is 24.1. The molecule has 1 atom stereocenters. The van der Waals surface area contributed by atoms with Crippen molar-refractivity contribution < 1.29 is 19.1 Å². The number of ether oxygens (including phenoxy) is 2. The molecule has 25 heavy (non-hydrogen) atoms. The third-order valence-corrected chi connectivity index (χ3v) is 2.94. The van der Waals surface area contributed by atoms with Crippen LogP contribution in [0.5, 0.6) is 0 Å². The molecular formula is C18H25N3O4. The van der Waals surface area contributed by atoms with Gasteiger partial charge in [-0.15, -0.1) is 0 Å². The molecule has 0 heterocycles. The highest BCUT2D eigenvalue weighted by Crippen LogP contribution is 2.07. The number of nitrogens with one attached hydrogen (secondary N) is 2. The lowest BCUT2D eigenvalue weighted by molar-refractivity contribution is -0.124. The number of alkyl carbamates (subject to hydrolysis) is 1. The van der Waals surface area contributed by atoms with E-state index in [1.54, 1.807) is 20.8 Å². The largest absolute Gasteiger partial charge is 0.444 e. The highest BCUT2D eigenvalue weighted by molar-refractivity contribution is 5.85. The van der Waals surface area contributed by atoms with Crippen LogP contribution in [-0.2, 0) is 20.9 Å². The summed E-state index contributed by atoms with van der Waals surface area (Å²) in [5.41, 5.74) is 0.292. The molecule has 0 radical (unpaired) electrons. The third-order valence-electron chi connectivity index (χ3n) is 2.94. The molecule has 2 N–H and O–H groups in total. The Bertz CT molecular complexity index is 591. The molecule has 0 aliphatic rings. The Hall–Kier alpha value is -2.59. The highest BCUT2D eigenvalue weighted by Gasteiger charge is 2.24. The lowest BCUT2D eigenvalue weighted by Crippen LogP contribution is -2.50. The van der Waals surface area contributed by atoms with Crippen LogP contribution in [0.2, 0.25) is 0 Å². The van der Waals surface area contributed by atoms with E-state index in [9.17, 15) is 9.59 Å². The van der Waals surface area contributed by atoms with Crippen LogP contribution in [-0.4, -0.2) is 36.8 Å². The first-order valence-corrected chi connectivity index (χ1v) is 8.07. The van der Waals surface area contributed by atoms with E-state index in [0.717, 1.165) is 5.56 Å². The molecule has 7 heteroatoms. The molecule has 1 rings (SSSR count). The number of benzene rings is 1. The van der Waals surface area contributed by atoms with Crippen LogP contribution >= 0.6 is 0 Å². The Morgan fingerprint density at radius 3 is 2.52 bits per heavy atom. The van der Waals surface area contributed by atoms with Gasteiger partial charge in [0, 0.05) is 6.54 Å². The minimum Gasteiger partial charge on any atom is -0.444 e. The Morgan fingerprint density at radius 2 is 1.92 bits per heavy atom. The standard InChI is InChI=1S/C18H25N3O4/c1-18(2,3)25-17(23)21-15(16(22)20-11-7-10-19)13-24-12-14-8-5-4-6-9-14/h4-6,8-9,15H,7,11-13H2,1-3H3,(H,20,22)(H,21,23)/t15-/m0/s1. The van der Waals surface area contributed by atoms with Gasteiger partial charge in [0.25, 0.3) is 0 Å². The average molecular weight is 347 g/mol. The van der Waals surface area contributed by atoms with Gasteiger partial charge in [-0.1, -0.05) is 30.3 Å². The predicted octanol–water partition coefficient (Wildman–Crippen LogP) is 2.13. The second kappa shape index (κ2) is 10.3. The molecule has 0 saturated heterocycles. The molecule has 0 bridgehead atoms. The maximum absolute atomic E-state index is 12.2. The van der Waals surface area contributed by atoms with E-state index >= 15 is 0 Å². The summed E-state index contributed by atoms with van der Waals surface area (Å²) in [6, 6.07) is 10.5. The number of hydrogen-bond acceptors (Lipinski definition) is 5. The summed E-state index contributed by atoms with van der Waals surface area (Å²) in [5, 5.41) is 13.6. The lowest BCUT2D eigenvalue weighted by Gasteiger charge is -2.23. The third kappa shape index (κ3) is 9.33. The molecule has 0 aliphatic heterocycles. The van der Waals surface area contributed by atoms with Gasteiger partial charge in [0.15, 0.2) is 0 Å². The molecule has 0 saturated carbocycles. The quantitative estimate of drug-likeness (QED) is 0.702. The first-order chi connectivity index (χ1) is 11.8. The van der Waals surface area contributed by atoms with Crippen LogP contribution < -0.4 is 10.6 Å². The van der Waals surface area contributed by atoms with Crippen molar-refractivity contribution in [3.8, 4) is 6.07 Å². The van der Waals surface area contributed by atoms with Crippen molar-refractivity contribution in [3.05, 3.63) is 35.9 Å². The summed E-state index contributed by atoms with van der Waals surface area (Å²) < 4.78 is 10.7. The summed E-state index contributed by atoms with van der Waals surface area (Å²) >= 11 is 0. The minimum absolute atomic E-state index is 0.00742. The molecule has 0 aliphatic carbocycles. The number of hydrogen-bond donors (Lipinski definition) is 2. The average Bonchev–Trinajstić information content (AvgIpc) is 2.53. The summed E-state index contributed by atoms with van der Waals surface area (Å²) in [6.45, 7) is 5.73. The van der Waals surface area contributed by atoms with Gasteiger partial charge in [0.1, 0.15) is 11.6 Å². The number of carbonyl (C=O) groups excluding carboxylic acids is 2. The molecule has 1 aromatic carbocycles. The zero-order chi connectivity index (χ0) is 18.7. The Balaban J connectivity index is 2.58. The van der Waals surface area contributed by atoms with Crippen LogP contribution in [0.25, 0.3) is 0 Å². The topological polar surface area (TPSA) is 100 Å². The SMILES string of the molecule is CC(C)(C)OC(=O)N[C@@H](COCc1ccccc1)C(=O)NCCC#N. The fourth-order valence-electron chi connectivity index (χ4n) is 1.87. The van der Waals surface area contributed by atoms with Gasteiger partial charge < -0.3 is 20.1 Å². The van der Waals surface area contributed by atoms with E-state index in [2.05, 4.69) is 10.6 Å². The molecule has 0 spiro atoms. The van der Waals surface area contributed by atoms with Crippen molar-refractivity contribution in [1.29, 1.82) is 5.26 Å². The Kier molecular flexibility index (Phi) is 8.44. The van der Waals surface area contributed by atoms with Gasteiger partial charge in [-0.25, -0.2) is 4.79 Å². The van der Waals surface area contributed by atoms with Crippen molar-refractivity contribution in [1.82, 2.24) is 10.6 Å². The van der Waals surface area contributed by atoms with Crippen molar-refractivity contribution in [2.24, 2.45) is 0 Å². The number of carbonyl (C=O) groups is 2. The second-order valence-electron chi connectivity index (χ2n) is 6.40. The zero-order valence-electron chi connectivity index (χ0n) is 14.9. The summed E-state index contributed by atoms with van der Waals surface area (Å²) in [5.74, 6) is -0.422. The normalized spacial score (nSPS) is 11.9. The van der Waals surface area contributed by atoms with Crippen LogP contribution in [0.3, 0.4) is 0 Å². The molecule has 0 aromatic heterocycles. The molecule has 2 amide bonds. The Morgan fingerprint density at radius 1 is 1.24 bits per heavy atom. The summed E-state index contributed by atoms with van der Waals surface area (Å²) in [7, 11) is 0. The molecule has 1 aromatic rings. The van der Waals surface area contributed by atoms with Crippen LogP contribution in [0.15, 0.2) is 30.3 Å². The molecule has 0 unspecified atom stereocenters. The number of nitriles is 1. The highest BCUT2D eigenvalue weighted by atomic mass is 16.6. The van der Waals surface area contributed by atoms with Crippen LogP contribution in [0, 0.1) is 11.3 Å². The van der Waals surface area contributed by atoms with E-state index in [-0.39, 0.29) is 19.6 Å². The van der Waals surface area contributed by atoms with Crippen LogP contribution in [0.4, 0.5) is 4.79 Å². The monoisotopic (exact) mass is 347 g/mol. The van der Waals surface area contributed by atoms with Gasteiger partial charge in [-0.05, 0) is 26.3 Å². The first kappa shape index (κ1) is 20.5. The molecule has 7 nitrogen and oxygen atoms in total. The van der Waals surface area contributed by atoms with Crippen LogP contribution in [0.1, 0.15) is 32.8 Å². The van der Waals surface area contributed by atoms with E-state index in [1.165, 1.54) is 0 Å².